The third kappa shape index (κ3) is 17.6. The summed E-state index contributed by atoms with van der Waals surface area (Å²) in [5.74, 6) is 0. The standard InChI is InChI=1S/C6H12.C4H9NO.C2H6/c1-2-4-6-5-3-1;5-3-1-2-4-6;1-2/h1-6H2;4H,1-3,5H2;1-2H3. The van der Waals surface area contributed by atoms with E-state index < -0.39 is 0 Å². The Bertz CT molecular complexity index is 78.8. The lowest BCUT2D eigenvalue weighted by Gasteiger charge is -2.05. The summed E-state index contributed by atoms with van der Waals surface area (Å²) in [5, 5.41) is 0. The first kappa shape index (κ1) is 16.1. The van der Waals surface area contributed by atoms with E-state index in [1.54, 1.807) is 0 Å². The van der Waals surface area contributed by atoms with Crippen molar-refractivity contribution in [2.24, 2.45) is 5.73 Å². The van der Waals surface area contributed by atoms with E-state index in [2.05, 4.69) is 0 Å². The number of aldehydes is 1. The van der Waals surface area contributed by atoms with Crippen LogP contribution in [0.3, 0.4) is 0 Å². The first-order valence-corrected chi connectivity index (χ1v) is 6.05. The molecule has 1 rings (SSSR count). The van der Waals surface area contributed by atoms with Gasteiger partial charge in [-0.2, -0.15) is 0 Å². The SMILES string of the molecule is C1CCCCC1.CC.NCCCC=O. The summed E-state index contributed by atoms with van der Waals surface area (Å²) in [6, 6.07) is 0. The van der Waals surface area contributed by atoms with Gasteiger partial charge in [-0.15, -0.1) is 0 Å². The van der Waals surface area contributed by atoms with Crippen molar-refractivity contribution >= 4 is 6.29 Å². The predicted molar refractivity (Wildman–Crippen MR) is 63.4 cm³/mol. The molecule has 0 aliphatic heterocycles. The van der Waals surface area contributed by atoms with Crippen LogP contribution in [0.1, 0.15) is 65.2 Å². The average molecular weight is 201 g/mol. The van der Waals surface area contributed by atoms with E-state index in [-0.39, 0.29) is 0 Å². The van der Waals surface area contributed by atoms with Crippen molar-refractivity contribution in [2.75, 3.05) is 6.54 Å². The van der Waals surface area contributed by atoms with Crippen LogP contribution in [0.4, 0.5) is 0 Å². The maximum absolute atomic E-state index is 9.51. The minimum atomic E-state index is 0.608. The van der Waals surface area contributed by atoms with Gasteiger partial charge in [-0.05, 0) is 13.0 Å². The van der Waals surface area contributed by atoms with Gasteiger partial charge >= 0.3 is 0 Å². The lowest BCUT2D eigenvalue weighted by atomic mass is 10.0. The third-order valence-corrected chi connectivity index (χ3v) is 2.03. The van der Waals surface area contributed by atoms with Crippen LogP contribution in [0.25, 0.3) is 0 Å². The Morgan fingerprint density at radius 1 is 1.00 bits per heavy atom. The fraction of sp³-hybridized carbons (Fsp3) is 0.917. The monoisotopic (exact) mass is 201 g/mol. The van der Waals surface area contributed by atoms with Crippen LogP contribution in [0.2, 0.25) is 0 Å². The molecule has 1 aliphatic carbocycles. The lowest BCUT2D eigenvalue weighted by molar-refractivity contribution is -0.107. The Morgan fingerprint density at radius 3 is 1.50 bits per heavy atom. The van der Waals surface area contributed by atoms with Crippen molar-refractivity contribution in [1.29, 1.82) is 0 Å². The van der Waals surface area contributed by atoms with Gasteiger partial charge in [0.25, 0.3) is 0 Å². The fourth-order valence-electron chi connectivity index (χ4n) is 1.26. The van der Waals surface area contributed by atoms with E-state index in [1.807, 2.05) is 13.8 Å². The Kier molecular flexibility index (Phi) is 21.2. The number of carbonyl (C=O) groups excluding carboxylic acids is 1. The molecule has 0 atom stereocenters. The van der Waals surface area contributed by atoms with Gasteiger partial charge < -0.3 is 10.5 Å². The van der Waals surface area contributed by atoms with Crippen molar-refractivity contribution in [2.45, 2.75) is 65.2 Å². The summed E-state index contributed by atoms with van der Waals surface area (Å²) in [6.07, 6.45) is 11.3. The average Bonchev–Trinajstić information content (AvgIpc) is 2.32. The van der Waals surface area contributed by atoms with Gasteiger partial charge in [-0.1, -0.05) is 52.4 Å². The normalized spacial score (nSPS) is 14.2. The molecule has 0 aromatic rings. The minimum Gasteiger partial charge on any atom is -0.330 e. The molecule has 0 radical (unpaired) electrons. The Morgan fingerprint density at radius 2 is 1.36 bits per heavy atom. The van der Waals surface area contributed by atoms with Crippen molar-refractivity contribution < 1.29 is 4.79 Å². The van der Waals surface area contributed by atoms with Gasteiger partial charge in [0.2, 0.25) is 0 Å². The molecule has 0 unspecified atom stereocenters. The van der Waals surface area contributed by atoms with E-state index in [0.717, 1.165) is 12.7 Å². The van der Waals surface area contributed by atoms with E-state index >= 15 is 0 Å². The summed E-state index contributed by atoms with van der Waals surface area (Å²) >= 11 is 0. The van der Waals surface area contributed by atoms with Crippen molar-refractivity contribution in [1.82, 2.24) is 0 Å². The molecule has 0 aromatic heterocycles. The number of hydrogen-bond donors (Lipinski definition) is 1. The van der Waals surface area contributed by atoms with Gasteiger partial charge in [-0.25, -0.2) is 0 Å². The highest BCUT2D eigenvalue weighted by Gasteiger charge is 1.95. The molecule has 14 heavy (non-hydrogen) atoms. The molecule has 0 saturated heterocycles. The highest BCUT2D eigenvalue weighted by molar-refractivity contribution is 5.48. The van der Waals surface area contributed by atoms with Crippen LogP contribution in [-0.2, 0) is 4.79 Å². The van der Waals surface area contributed by atoms with Gasteiger partial charge in [0.1, 0.15) is 6.29 Å². The van der Waals surface area contributed by atoms with Crippen molar-refractivity contribution in [3.05, 3.63) is 0 Å². The first-order chi connectivity index (χ1) is 6.91. The summed E-state index contributed by atoms with van der Waals surface area (Å²) in [6.45, 7) is 4.62. The van der Waals surface area contributed by atoms with E-state index in [9.17, 15) is 4.79 Å². The molecule has 0 amide bonds. The zero-order chi connectivity index (χ0) is 11.1. The van der Waals surface area contributed by atoms with Gasteiger partial charge in [0.05, 0.1) is 0 Å². The Balaban J connectivity index is 0. The Labute approximate surface area is 89.3 Å². The second-order valence-electron chi connectivity index (χ2n) is 3.22. The van der Waals surface area contributed by atoms with Crippen LogP contribution in [0.5, 0.6) is 0 Å². The number of rotatable bonds is 3. The second kappa shape index (κ2) is 18.4. The maximum atomic E-state index is 9.51. The minimum absolute atomic E-state index is 0.608. The largest absolute Gasteiger partial charge is 0.330 e. The maximum Gasteiger partial charge on any atom is 0.120 e. The second-order valence-corrected chi connectivity index (χ2v) is 3.22. The molecule has 1 fully saturated rings. The molecule has 86 valence electrons. The molecule has 1 saturated carbocycles. The molecule has 1 aliphatic rings. The molecular weight excluding hydrogens is 174 g/mol. The molecule has 0 aromatic carbocycles. The van der Waals surface area contributed by atoms with Crippen LogP contribution in [0, 0.1) is 0 Å². The van der Waals surface area contributed by atoms with E-state index in [4.69, 9.17) is 5.73 Å². The molecule has 0 spiro atoms. The van der Waals surface area contributed by atoms with E-state index in [1.165, 1.54) is 38.5 Å². The van der Waals surface area contributed by atoms with Crippen LogP contribution in [-0.4, -0.2) is 12.8 Å². The topological polar surface area (TPSA) is 43.1 Å². The molecule has 0 bridgehead atoms. The predicted octanol–water partition coefficient (Wildman–Crippen LogP) is 3.29. The number of hydrogen-bond acceptors (Lipinski definition) is 2. The molecule has 2 nitrogen and oxygen atoms in total. The van der Waals surface area contributed by atoms with Crippen LogP contribution < -0.4 is 5.73 Å². The fourth-order valence-corrected chi connectivity index (χ4v) is 1.26. The Hall–Kier alpha value is -0.370. The highest BCUT2D eigenvalue weighted by atomic mass is 16.1. The summed E-state index contributed by atoms with van der Waals surface area (Å²) < 4.78 is 0. The van der Waals surface area contributed by atoms with Crippen LogP contribution >= 0.6 is 0 Å². The summed E-state index contributed by atoms with van der Waals surface area (Å²) in [5.41, 5.74) is 5.06. The van der Waals surface area contributed by atoms with Crippen LogP contribution in [0.15, 0.2) is 0 Å². The van der Waals surface area contributed by atoms with Gasteiger partial charge in [0, 0.05) is 6.42 Å². The summed E-state index contributed by atoms with van der Waals surface area (Å²) in [7, 11) is 0. The van der Waals surface area contributed by atoms with Gasteiger partial charge in [-0.3, -0.25) is 0 Å². The number of nitrogens with two attached hydrogens (primary N) is 1. The number of unbranched alkanes of at least 4 members (excludes halogenated alkanes) is 1. The van der Waals surface area contributed by atoms with Crippen molar-refractivity contribution in [3.63, 3.8) is 0 Å². The molecule has 2 heteroatoms. The van der Waals surface area contributed by atoms with Crippen molar-refractivity contribution in [3.8, 4) is 0 Å². The lowest BCUT2D eigenvalue weighted by Crippen LogP contribution is -1.97. The molecule has 0 heterocycles. The third-order valence-electron chi connectivity index (χ3n) is 2.03. The molecule has 2 N–H and O–H groups in total. The zero-order valence-electron chi connectivity index (χ0n) is 9.93. The quantitative estimate of drug-likeness (QED) is 0.562. The molecular formula is C12H27NO. The zero-order valence-corrected chi connectivity index (χ0v) is 9.93. The van der Waals surface area contributed by atoms with Gasteiger partial charge in [0.15, 0.2) is 0 Å². The number of carbonyl (C=O) groups is 1. The smallest absolute Gasteiger partial charge is 0.120 e. The summed E-state index contributed by atoms with van der Waals surface area (Å²) in [4.78, 5) is 9.51. The first-order valence-electron chi connectivity index (χ1n) is 6.05. The highest BCUT2D eigenvalue weighted by Crippen LogP contribution is 2.15. The van der Waals surface area contributed by atoms with E-state index in [0.29, 0.717) is 13.0 Å².